The molecule has 0 unspecified atom stereocenters. The number of pyridine rings is 1. The number of aromatic nitrogens is 1. The van der Waals surface area contributed by atoms with Crippen LogP contribution in [0.25, 0.3) is 0 Å². The van der Waals surface area contributed by atoms with Crippen LogP contribution in [0.1, 0.15) is 5.56 Å². The monoisotopic (exact) mass is 308 g/mol. The molecule has 3 N–H and O–H groups in total. The van der Waals surface area contributed by atoms with Crippen LogP contribution in [0.4, 0.5) is 11.4 Å². The molecule has 0 amide bonds. The first-order valence-corrected chi connectivity index (χ1v) is 7.31. The quantitative estimate of drug-likeness (QED) is 0.482. The predicted molar refractivity (Wildman–Crippen MR) is 75.8 cm³/mol. The Hall–Kier alpha value is -2.52. The maximum absolute atomic E-state index is 12.2. The number of hydrogen-bond acceptors (Lipinski definition) is 6. The maximum atomic E-state index is 12.2. The number of hydrogen-bond donors (Lipinski definition) is 2. The van der Waals surface area contributed by atoms with Crippen LogP contribution < -0.4 is 10.5 Å². The molecule has 0 saturated carbocycles. The van der Waals surface area contributed by atoms with E-state index in [1.165, 1.54) is 12.3 Å². The molecule has 21 heavy (non-hydrogen) atoms. The zero-order chi connectivity index (χ0) is 15.5. The normalized spacial score (nSPS) is 11.2. The van der Waals surface area contributed by atoms with E-state index in [1.807, 2.05) is 0 Å². The number of nitrogens with zero attached hydrogens (tertiary/aromatic N) is 2. The standard InChI is InChI=1S/C12H12N4O4S/c13-10-3-4-12(11(6-10)16(17)18)21(19,20)15-8-9-2-1-5-14-7-9/h1-7,15H,8,13H2. The molecule has 0 fully saturated rings. The summed E-state index contributed by atoms with van der Waals surface area (Å²) in [5.74, 6) is 0. The lowest BCUT2D eigenvalue weighted by Gasteiger charge is -2.07. The second-order valence-electron chi connectivity index (χ2n) is 4.17. The van der Waals surface area contributed by atoms with Crippen LogP contribution in [-0.2, 0) is 16.6 Å². The molecule has 2 aromatic rings. The van der Waals surface area contributed by atoms with E-state index in [2.05, 4.69) is 9.71 Å². The van der Waals surface area contributed by atoms with Gasteiger partial charge in [0.15, 0.2) is 4.90 Å². The molecular formula is C12H12N4O4S. The summed E-state index contributed by atoms with van der Waals surface area (Å²) in [4.78, 5) is 13.6. The van der Waals surface area contributed by atoms with E-state index >= 15 is 0 Å². The van der Waals surface area contributed by atoms with E-state index in [1.54, 1.807) is 18.3 Å². The predicted octanol–water partition coefficient (Wildman–Crippen LogP) is 1.05. The Bertz CT molecular complexity index is 762. The Morgan fingerprint density at radius 3 is 2.71 bits per heavy atom. The second-order valence-corrected chi connectivity index (χ2v) is 5.91. The molecule has 0 atom stereocenters. The SMILES string of the molecule is Nc1ccc(S(=O)(=O)NCc2cccnc2)c([N+](=O)[O-])c1. The van der Waals surface area contributed by atoms with E-state index in [0.717, 1.165) is 12.1 Å². The van der Waals surface area contributed by atoms with Crippen molar-refractivity contribution in [3.63, 3.8) is 0 Å². The fourth-order valence-electron chi connectivity index (χ4n) is 1.66. The third-order valence-electron chi connectivity index (χ3n) is 2.66. The number of rotatable bonds is 5. The van der Waals surface area contributed by atoms with Crippen LogP contribution in [0.2, 0.25) is 0 Å². The molecule has 0 saturated heterocycles. The van der Waals surface area contributed by atoms with Gasteiger partial charge in [0.1, 0.15) is 0 Å². The Morgan fingerprint density at radius 1 is 1.33 bits per heavy atom. The Morgan fingerprint density at radius 2 is 2.10 bits per heavy atom. The molecule has 8 nitrogen and oxygen atoms in total. The number of nitro groups is 1. The highest BCUT2D eigenvalue weighted by molar-refractivity contribution is 7.89. The molecule has 1 aromatic heterocycles. The number of anilines is 1. The van der Waals surface area contributed by atoms with Crippen LogP contribution in [0, 0.1) is 10.1 Å². The van der Waals surface area contributed by atoms with Crippen molar-refractivity contribution in [3.8, 4) is 0 Å². The molecule has 2 rings (SSSR count). The summed E-state index contributed by atoms with van der Waals surface area (Å²) in [6.45, 7) is -0.0162. The highest BCUT2D eigenvalue weighted by atomic mass is 32.2. The van der Waals surface area contributed by atoms with E-state index < -0.39 is 25.5 Å². The van der Waals surface area contributed by atoms with Gasteiger partial charge in [-0.3, -0.25) is 15.1 Å². The molecule has 0 bridgehead atoms. The molecule has 9 heteroatoms. The first kappa shape index (κ1) is 14.9. The van der Waals surface area contributed by atoms with E-state index in [0.29, 0.717) is 5.56 Å². The first-order valence-electron chi connectivity index (χ1n) is 5.82. The van der Waals surface area contributed by atoms with Crippen LogP contribution >= 0.6 is 0 Å². The van der Waals surface area contributed by atoms with Crippen LogP contribution in [-0.4, -0.2) is 18.3 Å². The fraction of sp³-hybridized carbons (Fsp3) is 0.0833. The lowest BCUT2D eigenvalue weighted by Crippen LogP contribution is -2.24. The number of sulfonamides is 1. The van der Waals surface area contributed by atoms with Gasteiger partial charge in [0.2, 0.25) is 10.0 Å². The van der Waals surface area contributed by atoms with Crippen molar-refractivity contribution in [2.24, 2.45) is 0 Å². The van der Waals surface area contributed by atoms with Gasteiger partial charge >= 0.3 is 0 Å². The molecule has 1 heterocycles. The zero-order valence-corrected chi connectivity index (χ0v) is 11.6. The van der Waals surface area contributed by atoms with Crippen molar-refractivity contribution >= 4 is 21.4 Å². The van der Waals surface area contributed by atoms with Gasteiger partial charge < -0.3 is 5.73 Å². The summed E-state index contributed by atoms with van der Waals surface area (Å²) in [5, 5.41) is 10.9. The minimum atomic E-state index is -4.03. The Balaban J connectivity index is 2.30. The molecule has 1 aromatic carbocycles. The van der Waals surface area contributed by atoms with Crippen LogP contribution in [0.15, 0.2) is 47.6 Å². The van der Waals surface area contributed by atoms with Crippen molar-refractivity contribution in [2.45, 2.75) is 11.4 Å². The van der Waals surface area contributed by atoms with Gasteiger partial charge in [0.25, 0.3) is 5.69 Å². The van der Waals surface area contributed by atoms with Crippen molar-refractivity contribution in [1.29, 1.82) is 0 Å². The minimum Gasteiger partial charge on any atom is -0.399 e. The maximum Gasteiger partial charge on any atom is 0.291 e. The average molecular weight is 308 g/mol. The minimum absolute atomic E-state index is 0.0162. The summed E-state index contributed by atoms with van der Waals surface area (Å²) < 4.78 is 26.6. The number of nitrogen functional groups attached to an aromatic ring is 1. The van der Waals surface area contributed by atoms with E-state index in [4.69, 9.17) is 5.73 Å². The summed E-state index contributed by atoms with van der Waals surface area (Å²) in [7, 11) is -4.03. The molecule has 0 aliphatic carbocycles. The van der Waals surface area contributed by atoms with Crippen molar-refractivity contribution in [3.05, 3.63) is 58.4 Å². The number of nitrogens with one attached hydrogen (secondary N) is 1. The van der Waals surface area contributed by atoms with Crippen molar-refractivity contribution < 1.29 is 13.3 Å². The van der Waals surface area contributed by atoms with Crippen molar-refractivity contribution in [2.75, 3.05) is 5.73 Å². The van der Waals surface area contributed by atoms with E-state index in [9.17, 15) is 18.5 Å². The average Bonchev–Trinajstić information content (AvgIpc) is 2.46. The Labute approximate surface area is 120 Å². The highest BCUT2D eigenvalue weighted by Gasteiger charge is 2.25. The summed E-state index contributed by atoms with van der Waals surface area (Å²) in [6, 6.07) is 6.77. The first-order chi connectivity index (χ1) is 9.90. The third-order valence-corrected chi connectivity index (χ3v) is 4.11. The van der Waals surface area contributed by atoms with Gasteiger partial charge in [-0.15, -0.1) is 0 Å². The smallest absolute Gasteiger partial charge is 0.291 e. The third kappa shape index (κ3) is 3.52. The lowest BCUT2D eigenvalue weighted by atomic mass is 10.3. The Kier molecular flexibility index (Phi) is 4.15. The molecule has 0 spiro atoms. The summed E-state index contributed by atoms with van der Waals surface area (Å²) >= 11 is 0. The fourth-order valence-corrected chi connectivity index (χ4v) is 2.83. The van der Waals surface area contributed by atoms with Crippen molar-refractivity contribution in [1.82, 2.24) is 9.71 Å². The van der Waals surface area contributed by atoms with Gasteiger partial charge in [-0.05, 0) is 23.8 Å². The highest BCUT2D eigenvalue weighted by Crippen LogP contribution is 2.25. The van der Waals surface area contributed by atoms with Gasteiger partial charge in [-0.1, -0.05) is 6.07 Å². The molecule has 0 radical (unpaired) electrons. The summed E-state index contributed by atoms with van der Waals surface area (Å²) in [5.41, 5.74) is 5.64. The largest absolute Gasteiger partial charge is 0.399 e. The zero-order valence-electron chi connectivity index (χ0n) is 10.8. The number of nitro benzene ring substituents is 1. The van der Waals surface area contributed by atoms with E-state index in [-0.39, 0.29) is 12.2 Å². The summed E-state index contributed by atoms with van der Waals surface area (Å²) in [6.07, 6.45) is 3.06. The number of nitrogens with two attached hydrogens (primary N) is 1. The number of benzene rings is 1. The van der Waals surface area contributed by atoms with Gasteiger partial charge in [-0.25, -0.2) is 13.1 Å². The second kappa shape index (κ2) is 5.85. The lowest BCUT2D eigenvalue weighted by molar-refractivity contribution is -0.387. The van der Waals surface area contributed by atoms with Gasteiger partial charge in [0, 0.05) is 30.7 Å². The molecule has 0 aliphatic rings. The topological polar surface area (TPSA) is 128 Å². The van der Waals surface area contributed by atoms with Crippen LogP contribution in [0.5, 0.6) is 0 Å². The molecule has 0 aliphatic heterocycles. The van der Waals surface area contributed by atoms with Gasteiger partial charge in [0.05, 0.1) is 4.92 Å². The van der Waals surface area contributed by atoms with Gasteiger partial charge in [-0.2, -0.15) is 0 Å². The molecule has 110 valence electrons. The van der Waals surface area contributed by atoms with Crippen LogP contribution in [0.3, 0.4) is 0 Å². The molecular weight excluding hydrogens is 296 g/mol.